The summed E-state index contributed by atoms with van der Waals surface area (Å²) in [5.74, 6) is -0.197. The van der Waals surface area contributed by atoms with Gasteiger partial charge in [0, 0.05) is 4.47 Å². The summed E-state index contributed by atoms with van der Waals surface area (Å²) in [7, 11) is 0. The second-order valence-corrected chi connectivity index (χ2v) is 6.67. The van der Waals surface area contributed by atoms with Crippen molar-refractivity contribution in [2.45, 2.75) is 6.04 Å². The molecule has 0 aliphatic carbocycles. The van der Waals surface area contributed by atoms with Crippen LogP contribution in [0.1, 0.15) is 27.5 Å². The van der Waals surface area contributed by atoms with Crippen LogP contribution in [-0.2, 0) is 0 Å². The number of benzene rings is 3. The van der Waals surface area contributed by atoms with Crippen molar-refractivity contribution in [2.75, 3.05) is 0 Å². The molecule has 2 nitrogen and oxygen atoms in total. The summed E-state index contributed by atoms with van der Waals surface area (Å²) in [6.45, 7) is 0. The predicted octanol–water partition coefficient (Wildman–Crippen LogP) is 5.62. The van der Waals surface area contributed by atoms with Gasteiger partial charge in [0.1, 0.15) is 0 Å². The van der Waals surface area contributed by atoms with E-state index < -0.39 is 0 Å². The first kappa shape index (κ1) is 16.7. The third kappa shape index (κ3) is 3.86. The van der Waals surface area contributed by atoms with Crippen LogP contribution in [0.5, 0.6) is 0 Å². The summed E-state index contributed by atoms with van der Waals surface area (Å²) in [5.41, 5.74) is 2.49. The molecule has 0 saturated heterocycles. The van der Waals surface area contributed by atoms with E-state index in [2.05, 4.69) is 21.2 Å². The van der Waals surface area contributed by atoms with E-state index in [9.17, 15) is 4.79 Å². The number of carbonyl (C=O) groups excluding carboxylic acids is 1. The fraction of sp³-hybridized carbons (Fsp3) is 0.0500. The van der Waals surface area contributed by atoms with Gasteiger partial charge in [-0.25, -0.2) is 0 Å². The van der Waals surface area contributed by atoms with E-state index in [4.69, 9.17) is 11.6 Å². The van der Waals surface area contributed by atoms with Crippen LogP contribution >= 0.6 is 27.5 Å². The van der Waals surface area contributed by atoms with Crippen LogP contribution in [-0.4, -0.2) is 5.91 Å². The molecule has 120 valence electrons. The molecule has 0 bridgehead atoms. The van der Waals surface area contributed by atoms with E-state index in [1.807, 2.05) is 60.7 Å². The number of hydrogen-bond donors (Lipinski definition) is 1. The molecule has 0 aliphatic rings. The van der Waals surface area contributed by atoms with Crippen molar-refractivity contribution >= 4 is 33.4 Å². The van der Waals surface area contributed by atoms with Gasteiger partial charge in [-0.15, -0.1) is 0 Å². The van der Waals surface area contributed by atoms with Gasteiger partial charge >= 0.3 is 0 Å². The van der Waals surface area contributed by atoms with Crippen molar-refractivity contribution in [3.8, 4) is 0 Å². The molecular weight excluding hydrogens is 386 g/mol. The van der Waals surface area contributed by atoms with E-state index in [0.29, 0.717) is 10.6 Å². The lowest BCUT2D eigenvalue weighted by Crippen LogP contribution is -2.29. The van der Waals surface area contributed by atoms with Crippen molar-refractivity contribution in [1.29, 1.82) is 0 Å². The molecule has 1 amide bonds. The van der Waals surface area contributed by atoms with E-state index in [1.165, 1.54) is 0 Å². The second kappa shape index (κ2) is 7.65. The number of carbonyl (C=O) groups is 1. The lowest BCUT2D eigenvalue weighted by Gasteiger charge is -2.20. The zero-order valence-corrected chi connectivity index (χ0v) is 15.1. The molecule has 24 heavy (non-hydrogen) atoms. The lowest BCUT2D eigenvalue weighted by molar-refractivity contribution is 0.0943. The Bertz CT molecular complexity index is 834. The molecule has 0 aliphatic heterocycles. The minimum absolute atomic E-state index is 0.197. The van der Waals surface area contributed by atoms with E-state index in [-0.39, 0.29) is 11.9 Å². The van der Waals surface area contributed by atoms with Crippen molar-refractivity contribution in [2.24, 2.45) is 0 Å². The van der Waals surface area contributed by atoms with Gasteiger partial charge in [-0.05, 0) is 35.4 Å². The zero-order valence-electron chi connectivity index (χ0n) is 12.7. The maximum atomic E-state index is 12.7. The molecule has 0 heterocycles. The Hall–Kier alpha value is -2.10. The minimum atomic E-state index is -0.247. The van der Waals surface area contributed by atoms with Gasteiger partial charge in [0.2, 0.25) is 0 Å². The molecule has 3 aromatic rings. The highest BCUT2D eigenvalue weighted by molar-refractivity contribution is 9.10. The fourth-order valence-electron chi connectivity index (χ4n) is 2.51. The fourth-order valence-corrected chi connectivity index (χ4v) is 3.00. The van der Waals surface area contributed by atoms with Crippen molar-refractivity contribution < 1.29 is 4.79 Å². The van der Waals surface area contributed by atoms with Crippen LogP contribution in [0, 0.1) is 0 Å². The summed E-state index contributed by atoms with van der Waals surface area (Å²) < 4.78 is 0.996. The van der Waals surface area contributed by atoms with Gasteiger partial charge < -0.3 is 5.32 Å². The SMILES string of the molecule is O=C(NC(c1ccccc1)c1ccc(Br)cc1)c1ccccc1Cl. The van der Waals surface area contributed by atoms with E-state index >= 15 is 0 Å². The van der Waals surface area contributed by atoms with Gasteiger partial charge in [0.25, 0.3) is 5.91 Å². The maximum Gasteiger partial charge on any atom is 0.253 e. The van der Waals surface area contributed by atoms with Gasteiger partial charge in [-0.2, -0.15) is 0 Å². The molecule has 1 atom stereocenters. The van der Waals surface area contributed by atoms with Gasteiger partial charge in [-0.1, -0.05) is 82.1 Å². The first-order chi connectivity index (χ1) is 11.6. The standard InChI is InChI=1S/C20H15BrClNO/c21-16-12-10-15(11-13-16)19(14-6-2-1-3-7-14)23-20(24)17-8-4-5-9-18(17)22/h1-13,19H,(H,23,24). The summed E-state index contributed by atoms with van der Waals surface area (Å²) in [6.07, 6.45) is 0. The monoisotopic (exact) mass is 399 g/mol. The first-order valence-electron chi connectivity index (χ1n) is 7.51. The number of halogens is 2. The highest BCUT2D eigenvalue weighted by atomic mass is 79.9. The summed E-state index contributed by atoms with van der Waals surface area (Å²) >= 11 is 9.59. The van der Waals surface area contributed by atoms with Gasteiger partial charge in [0.15, 0.2) is 0 Å². The summed E-state index contributed by atoms with van der Waals surface area (Å²) in [6, 6.07) is 24.6. The van der Waals surface area contributed by atoms with E-state index in [1.54, 1.807) is 18.2 Å². The molecular formula is C20H15BrClNO. The van der Waals surface area contributed by atoms with Crippen LogP contribution in [0.2, 0.25) is 5.02 Å². The molecule has 1 N–H and O–H groups in total. The van der Waals surface area contributed by atoms with Gasteiger partial charge in [0.05, 0.1) is 16.6 Å². The topological polar surface area (TPSA) is 29.1 Å². The first-order valence-corrected chi connectivity index (χ1v) is 8.68. The molecule has 0 saturated carbocycles. The number of amides is 1. The van der Waals surface area contributed by atoms with Crippen LogP contribution in [0.3, 0.4) is 0 Å². The number of hydrogen-bond acceptors (Lipinski definition) is 1. The largest absolute Gasteiger partial charge is 0.341 e. The van der Waals surface area contributed by atoms with Gasteiger partial charge in [-0.3, -0.25) is 4.79 Å². The third-order valence-electron chi connectivity index (χ3n) is 3.73. The molecule has 0 radical (unpaired) electrons. The van der Waals surface area contributed by atoms with Crippen molar-refractivity contribution in [3.05, 3.63) is 105 Å². The van der Waals surface area contributed by atoms with Crippen molar-refractivity contribution in [1.82, 2.24) is 5.32 Å². The average molecular weight is 401 g/mol. The van der Waals surface area contributed by atoms with E-state index in [0.717, 1.165) is 15.6 Å². The normalized spacial score (nSPS) is 11.8. The zero-order chi connectivity index (χ0) is 16.9. The Balaban J connectivity index is 1.95. The molecule has 0 spiro atoms. The molecule has 3 aromatic carbocycles. The van der Waals surface area contributed by atoms with Crippen LogP contribution in [0.15, 0.2) is 83.3 Å². The molecule has 4 heteroatoms. The lowest BCUT2D eigenvalue weighted by atomic mass is 9.98. The summed E-state index contributed by atoms with van der Waals surface area (Å²) in [4.78, 5) is 12.7. The summed E-state index contributed by atoms with van der Waals surface area (Å²) in [5, 5.41) is 3.53. The molecule has 0 fully saturated rings. The Morgan fingerprint density at radius 3 is 2.08 bits per heavy atom. The molecule has 1 unspecified atom stereocenters. The third-order valence-corrected chi connectivity index (χ3v) is 4.59. The molecule has 3 rings (SSSR count). The Morgan fingerprint density at radius 2 is 1.42 bits per heavy atom. The number of nitrogens with one attached hydrogen (secondary N) is 1. The van der Waals surface area contributed by atoms with Crippen LogP contribution < -0.4 is 5.32 Å². The van der Waals surface area contributed by atoms with Crippen molar-refractivity contribution in [3.63, 3.8) is 0 Å². The Kier molecular flexibility index (Phi) is 5.34. The minimum Gasteiger partial charge on any atom is -0.341 e. The quantitative estimate of drug-likeness (QED) is 0.605. The number of rotatable bonds is 4. The highest BCUT2D eigenvalue weighted by Crippen LogP contribution is 2.25. The smallest absolute Gasteiger partial charge is 0.253 e. The maximum absolute atomic E-state index is 12.7. The Labute approximate surface area is 154 Å². The predicted molar refractivity (Wildman–Crippen MR) is 101 cm³/mol. The van der Waals surface area contributed by atoms with Crippen LogP contribution in [0.25, 0.3) is 0 Å². The second-order valence-electron chi connectivity index (χ2n) is 5.35. The average Bonchev–Trinajstić information content (AvgIpc) is 2.61. The Morgan fingerprint density at radius 1 is 0.833 bits per heavy atom. The highest BCUT2D eigenvalue weighted by Gasteiger charge is 2.19. The molecule has 0 aromatic heterocycles. The van der Waals surface area contributed by atoms with Crippen LogP contribution in [0.4, 0.5) is 0 Å².